The molecule has 0 radical (unpaired) electrons. The molecule has 3 aromatic rings. The van der Waals surface area contributed by atoms with Crippen molar-refractivity contribution < 1.29 is 4.39 Å². The van der Waals surface area contributed by atoms with Gasteiger partial charge in [-0.15, -0.1) is 11.3 Å². The van der Waals surface area contributed by atoms with Crippen molar-refractivity contribution in [3.63, 3.8) is 0 Å². The number of nitrogens with one attached hydrogen (secondary N) is 1. The van der Waals surface area contributed by atoms with Gasteiger partial charge in [0.25, 0.3) is 5.56 Å². The zero-order chi connectivity index (χ0) is 16.5. The van der Waals surface area contributed by atoms with Gasteiger partial charge < -0.3 is 4.98 Å². The molecule has 1 N–H and O–H groups in total. The van der Waals surface area contributed by atoms with Gasteiger partial charge in [-0.05, 0) is 23.1 Å². The van der Waals surface area contributed by atoms with Gasteiger partial charge in [-0.25, -0.2) is 9.97 Å². The topological polar surface area (TPSA) is 61.9 Å². The van der Waals surface area contributed by atoms with Crippen LogP contribution in [0.1, 0.15) is 16.8 Å². The minimum absolute atomic E-state index is 0.0784. The molecule has 5 nitrogen and oxygen atoms in total. The Morgan fingerprint density at radius 1 is 1.33 bits per heavy atom. The van der Waals surface area contributed by atoms with Crippen molar-refractivity contribution in [2.24, 2.45) is 0 Å². The van der Waals surface area contributed by atoms with Crippen LogP contribution < -0.4 is 5.56 Å². The van der Waals surface area contributed by atoms with Crippen LogP contribution in [0.4, 0.5) is 4.39 Å². The van der Waals surface area contributed by atoms with Gasteiger partial charge in [0.05, 0.1) is 16.1 Å². The van der Waals surface area contributed by atoms with Crippen molar-refractivity contribution in [2.45, 2.75) is 19.5 Å². The van der Waals surface area contributed by atoms with E-state index in [-0.39, 0.29) is 5.56 Å². The number of hydrogen-bond donors (Lipinski definition) is 1. The third kappa shape index (κ3) is 3.00. The van der Waals surface area contributed by atoms with Gasteiger partial charge >= 0.3 is 0 Å². The van der Waals surface area contributed by atoms with Gasteiger partial charge in [-0.3, -0.25) is 9.69 Å². The van der Waals surface area contributed by atoms with E-state index in [0.717, 1.165) is 34.7 Å². The minimum atomic E-state index is -0.482. The van der Waals surface area contributed by atoms with Crippen LogP contribution >= 0.6 is 11.3 Å². The lowest BCUT2D eigenvalue weighted by atomic mass is 10.1. The first-order valence-corrected chi connectivity index (χ1v) is 8.56. The summed E-state index contributed by atoms with van der Waals surface area (Å²) in [4.78, 5) is 26.8. The number of thiophene rings is 1. The second kappa shape index (κ2) is 6.26. The molecule has 0 aromatic carbocycles. The quantitative estimate of drug-likeness (QED) is 0.743. The maximum atomic E-state index is 12.9. The van der Waals surface area contributed by atoms with Crippen molar-refractivity contribution in [2.75, 3.05) is 6.54 Å². The highest BCUT2D eigenvalue weighted by Gasteiger charge is 2.21. The van der Waals surface area contributed by atoms with Gasteiger partial charge in [0.2, 0.25) is 5.95 Å². The number of fused-ring (bicyclic) bond motifs is 1. The highest BCUT2D eigenvalue weighted by molar-refractivity contribution is 7.13. The number of pyridine rings is 1. The normalized spacial score (nSPS) is 14.5. The molecule has 1 aliphatic heterocycles. The molecule has 0 bridgehead atoms. The number of aromatic amines is 1. The average molecular weight is 342 g/mol. The predicted octanol–water partition coefficient (Wildman–Crippen LogP) is 2.59. The summed E-state index contributed by atoms with van der Waals surface area (Å²) in [5.74, 6) is 0.162. The Morgan fingerprint density at radius 2 is 2.25 bits per heavy atom. The lowest BCUT2D eigenvalue weighted by molar-refractivity contribution is 0.241. The molecule has 24 heavy (non-hydrogen) atoms. The van der Waals surface area contributed by atoms with E-state index in [1.165, 1.54) is 12.3 Å². The van der Waals surface area contributed by atoms with Crippen LogP contribution in [-0.2, 0) is 19.5 Å². The van der Waals surface area contributed by atoms with E-state index in [9.17, 15) is 9.18 Å². The predicted molar refractivity (Wildman–Crippen MR) is 90.2 cm³/mol. The van der Waals surface area contributed by atoms with E-state index in [4.69, 9.17) is 0 Å². The molecule has 0 saturated heterocycles. The molecule has 1 aliphatic rings. The Kier molecular flexibility index (Phi) is 3.95. The van der Waals surface area contributed by atoms with Crippen LogP contribution in [0.5, 0.6) is 0 Å². The summed E-state index contributed by atoms with van der Waals surface area (Å²) in [5.41, 5.74) is 2.44. The van der Waals surface area contributed by atoms with E-state index in [1.807, 2.05) is 17.5 Å². The van der Waals surface area contributed by atoms with Gasteiger partial charge in [-0.2, -0.15) is 4.39 Å². The van der Waals surface area contributed by atoms with Crippen LogP contribution in [0.25, 0.3) is 10.7 Å². The lowest BCUT2D eigenvalue weighted by Crippen LogP contribution is -2.35. The molecule has 0 saturated carbocycles. The van der Waals surface area contributed by atoms with Gasteiger partial charge in [0.1, 0.15) is 0 Å². The summed E-state index contributed by atoms with van der Waals surface area (Å²) in [6, 6.07) is 6.97. The van der Waals surface area contributed by atoms with Crippen molar-refractivity contribution in [1.29, 1.82) is 0 Å². The summed E-state index contributed by atoms with van der Waals surface area (Å²) >= 11 is 1.56. The SMILES string of the molecule is O=c1[nH]c(-c2cccs2)nc2c1CN(Cc1ccc(F)nc1)CC2. The largest absolute Gasteiger partial charge is 0.306 e. The van der Waals surface area contributed by atoms with E-state index in [1.54, 1.807) is 17.4 Å². The summed E-state index contributed by atoms with van der Waals surface area (Å²) in [6.07, 6.45) is 2.26. The van der Waals surface area contributed by atoms with Crippen molar-refractivity contribution in [1.82, 2.24) is 19.9 Å². The summed E-state index contributed by atoms with van der Waals surface area (Å²) in [6.45, 7) is 1.99. The fourth-order valence-electron chi connectivity index (χ4n) is 2.90. The molecule has 7 heteroatoms. The number of halogens is 1. The third-order valence-electron chi connectivity index (χ3n) is 4.10. The molecule has 0 aliphatic carbocycles. The Bertz CT molecular complexity index is 905. The molecule has 0 spiro atoms. The molecule has 0 unspecified atom stereocenters. The van der Waals surface area contributed by atoms with Gasteiger partial charge in [-0.1, -0.05) is 12.1 Å². The Balaban J connectivity index is 1.57. The highest BCUT2D eigenvalue weighted by Crippen LogP contribution is 2.23. The third-order valence-corrected chi connectivity index (χ3v) is 4.97. The van der Waals surface area contributed by atoms with Crippen LogP contribution in [0.2, 0.25) is 0 Å². The van der Waals surface area contributed by atoms with Crippen LogP contribution in [0.15, 0.2) is 40.6 Å². The smallest absolute Gasteiger partial charge is 0.255 e. The average Bonchev–Trinajstić information content (AvgIpc) is 3.12. The molecule has 122 valence electrons. The molecule has 4 rings (SSSR count). The number of H-pyrrole nitrogens is 1. The molecular formula is C17H15FN4OS. The van der Waals surface area contributed by atoms with Crippen LogP contribution in [0, 0.1) is 5.95 Å². The number of nitrogens with zero attached hydrogens (tertiary/aromatic N) is 3. The van der Waals surface area contributed by atoms with Crippen molar-refractivity contribution >= 4 is 11.3 Å². The van der Waals surface area contributed by atoms with E-state index in [0.29, 0.717) is 18.9 Å². The first-order chi connectivity index (χ1) is 11.7. The molecule has 0 atom stereocenters. The monoisotopic (exact) mass is 342 g/mol. The summed E-state index contributed by atoms with van der Waals surface area (Å²) in [7, 11) is 0. The maximum Gasteiger partial charge on any atom is 0.255 e. The number of hydrogen-bond acceptors (Lipinski definition) is 5. The maximum absolute atomic E-state index is 12.9. The van der Waals surface area contributed by atoms with E-state index in [2.05, 4.69) is 19.9 Å². The van der Waals surface area contributed by atoms with Gasteiger partial charge in [0.15, 0.2) is 5.82 Å². The van der Waals surface area contributed by atoms with E-state index < -0.39 is 5.95 Å². The van der Waals surface area contributed by atoms with E-state index >= 15 is 0 Å². The van der Waals surface area contributed by atoms with Crippen molar-refractivity contribution in [3.8, 4) is 10.7 Å². The molecule has 4 heterocycles. The standard InChI is InChI=1S/C17H15FN4OS/c18-15-4-3-11(8-19-15)9-22-6-5-13-12(10-22)17(23)21-16(20-13)14-2-1-7-24-14/h1-4,7-8H,5-6,9-10H2,(H,20,21,23). The Morgan fingerprint density at radius 3 is 3.00 bits per heavy atom. The second-order valence-corrected chi connectivity index (χ2v) is 6.71. The molecule has 0 fully saturated rings. The first-order valence-electron chi connectivity index (χ1n) is 7.68. The molecular weight excluding hydrogens is 327 g/mol. The Labute approximate surface area is 141 Å². The molecule has 0 amide bonds. The summed E-state index contributed by atoms with van der Waals surface area (Å²) < 4.78 is 12.9. The summed E-state index contributed by atoms with van der Waals surface area (Å²) in [5, 5.41) is 1.97. The fourth-order valence-corrected chi connectivity index (χ4v) is 3.57. The zero-order valence-electron chi connectivity index (χ0n) is 12.8. The van der Waals surface area contributed by atoms with Crippen LogP contribution in [0.3, 0.4) is 0 Å². The molecule has 3 aromatic heterocycles. The minimum Gasteiger partial charge on any atom is -0.306 e. The van der Waals surface area contributed by atoms with Crippen molar-refractivity contribution in [3.05, 3.63) is 69.0 Å². The Hall–Kier alpha value is -2.38. The highest BCUT2D eigenvalue weighted by atomic mass is 32.1. The second-order valence-electron chi connectivity index (χ2n) is 5.77. The van der Waals surface area contributed by atoms with Crippen LogP contribution in [-0.4, -0.2) is 26.4 Å². The number of aromatic nitrogens is 3. The first kappa shape index (κ1) is 15.2. The number of rotatable bonds is 3. The lowest BCUT2D eigenvalue weighted by Gasteiger charge is -2.27. The van der Waals surface area contributed by atoms with Gasteiger partial charge in [0, 0.05) is 32.3 Å². The zero-order valence-corrected chi connectivity index (χ0v) is 13.6. The fraction of sp³-hybridized carbons (Fsp3) is 0.235.